The minimum atomic E-state index is 0.513. The number of fused-ring (bicyclic) bond motifs is 1. The van der Waals surface area contributed by atoms with Gasteiger partial charge in [-0.15, -0.1) is 11.6 Å². The van der Waals surface area contributed by atoms with Gasteiger partial charge in [-0.25, -0.2) is 0 Å². The molecule has 1 heterocycles. The molecule has 0 spiro atoms. The first-order valence-electron chi connectivity index (χ1n) is 4.16. The number of para-hydroxylation sites is 1. The molecule has 0 saturated carbocycles. The van der Waals surface area contributed by atoms with Crippen LogP contribution in [-0.2, 0) is 0 Å². The van der Waals surface area contributed by atoms with Gasteiger partial charge in [-0.1, -0.05) is 12.1 Å². The van der Waals surface area contributed by atoms with E-state index in [0.717, 1.165) is 16.7 Å². The lowest BCUT2D eigenvalue weighted by molar-refractivity contribution is 0.347. The van der Waals surface area contributed by atoms with Crippen LogP contribution in [0.1, 0.15) is 0 Å². The molecule has 0 fully saturated rings. The van der Waals surface area contributed by atoms with Gasteiger partial charge in [0.25, 0.3) is 0 Å². The Morgan fingerprint density at radius 3 is 3.00 bits per heavy atom. The Hall–Kier alpha value is -1.15. The van der Waals surface area contributed by atoms with Crippen LogP contribution in [-0.4, -0.2) is 17.5 Å². The molecule has 13 heavy (non-hydrogen) atoms. The minimum absolute atomic E-state index is 0.513. The summed E-state index contributed by atoms with van der Waals surface area (Å²) in [4.78, 5) is 3.13. The summed E-state index contributed by atoms with van der Waals surface area (Å²) >= 11 is 5.53. The van der Waals surface area contributed by atoms with Crippen LogP contribution in [0, 0.1) is 0 Å². The Morgan fingerprint density at radius 1 is 1.31 bits per heavy atom. The third kappa shape index (κ3) is 1.63. The Balaban J connectivity index is 2.35. The fraction of sp³-hybridized carbons (Fsp3) is 0.200. The molecule has 0 aliphatic carbocycles. The fourth-order valence-electron chi connectivity index (χ4n) is 1.31. The van der Waals surface area contributed by atoms with Crippen molar-refractivity contribution in [2.24, 2.45) is 0 Å². The van der Waals surface area contributed by atoms with Gasteiger partial charge in [0.15, 0.2) is 0 Å². The number of H-pyrrole nitrogens is 1. The van der Waals surface area contributed by atoms with Gasteiger partial charge in [0, 0.05) is 17.1 Å². The Labute approximate surface area is 81.5 Å². The van der Waals surface area contributed by atoms with Gasteiger partial charge in [0.1, 0.15) is 12.4 Å². The molecule has 68 valence electrons. The van der Waals surface area contributed by atoms with Gasteiger partial charge in [0.2, 0.25) is 0 Å². The Bertz CT molecular complexity index is 396. The molecule has 0 atom stereocenters. The Morgan fingerprint density at radius 2 is 2.15 bits per heavy atom. The number of halogens is 1. The van der Waals surface area contributed by atoms with E-state index in [2.05, 4.69) is 4.98 Å². The van der Waals surface area contributed by atoms with Crippen molar-refractivity contribution in [3.05, 3.63) is 30.5 Å². The average molecular weight is 196 g/mol. The second-order valence-corrected chi connectivity index (χ2v) is 3.11. The van der Waals surface area contributed by atoms with E-state index in [1.165, 1.54) is 0 Å². The molecule has 0 unspecified atom stereocenters. The second kappa shape index (κ2) is 3.71. The number of nitrogens with one attached hydrogen (secondary N) is 1. The molecule has 3 heteroatoms. The van der Waals surface area contributed by atoms with Crippen molar-refractivity contribution in [2.75, 3.05) is 12.5 Å². The van der Waals surface area contributed by atoms with Crippen molar-refractivity contribution in [2.45, 2.75) is 0 Å². The first-order valence-corrected chi connectivity index (χ1v) is 4.70. The molecular weight excluding hydrogens is 186 g/mol. The normalized spacial score (nSPS) is 10.5. The summed E-state index contributed by atoms with van der Waals surface area (Å²) in [6.07, 6.45) is 1.86. The number of ether oxygens (including phenoxy) is 1. The van der Waals surface area contributed by atoms with Crippen molar-refractivity contribution in [1.29, 1.82) is 0 Å². The predicted octanol–water partition coefficient (Wildman–Crippen LogP) is 2.79. The molecule has 0 aliphatic rings. The topological polar surface area (TPSA) is 25.0 Å². The van der Waals surface area contributed by atoms with Gasteiger partial charge in [0.05, 0.1) is 5.88 Å². The highest BCUT2D eigenvalue weighted by atomic mass is 35.5. The fourth-order valence-corrected chi connectivity index (χ4v) is 1.39. The SMILES string of the molecule is ClCCOc1c[nH]c2ccccc12. The van der Waals surface area contributed by atoms with Crippen LogP contribution >= 0.6 is 11.6 Å². The van der Waals surface area contributed by atoms with Crippen molar-refractivity contribution in [1.82, 2.24) is 4.98 Å². The zero-order valence-corrected chi connectivity index (χ0v) is 7.84. The monoisotopic (exact) mass is 195 g/mol. The molecule has 2 aromatic rings. The van der Waals surface area contributed by atoms with E-state index < -0.39 is 0 Å². The lowest BCUT2D eigenvalue weighted by atomic mass is 10.2. The summed E-state index contributed by atoms with van der Waals surface area (Å²) in [5.41, 5.74) is 1.09. The zero-order valence-electron chi connectivity index (χ0n) is 7.09. The van der Waals surface area contributed by atoms with Crippen molar-refractivity contribution >= 4 is 22.5 Å². The summed E-state index contributed by atoms with van der Waals surface area (Å²) in [6, 6.07) is 8.02. The van der Waals surface area contributed by atoms with E-state index in [0.29, 0.717) is 12.5 Å². The number of hydrogen-bond donors (Lipinski definition) is 1. The molecule has 2 rings (SSSR count). The summed E-state index contributed by atoms with van der Waals surface area (Å²) < 4.78 is 5.45. The number of aromatic nitrogens is 1. The number of aromatic amines is 1. The van der Waals surface area contributed by atoms with Crippen LogP contribution in [0.2, 0.25) is 0 Å². The molecule has 0 saturated heterocycles. The van der Waals surface area contributed by atoms with Gasteiger partial charge in [-0.2, -0.15) is 0 Å². The molecule has 2 nitrogen and oxygen atoms in total. The summed E-state index contributed by atoms with van der Waals surface area (Å²) in [7, 11) is 0. The van der Waals surface area contributed by atoms with E-state index in [4.69, 9.17) is 16.3 Å². The second-order valence-electron chi connectivity index (χ2n) is 2.74. The molecule has 0 aliphatic heterocycles. The standard InChI is InChI=1S/C10H10ClNO/c11-5-6-13-10-7-12-9-4-2-1-3-8(9)10/h1-4,7,12H,5-6H2. The zero-order chi connectivity index (χ0) is 9.10. The van der Waals surface area contributed by atoms with E-state index in [9.17, 15) is 0 Å². The molecule has 1 aromatic heterocycles. The molecule has 0 bridgehead atoms. The quantitative estimate of drug-likeness (QED) is 0.749. The van der Waals surface area contributed by atoms with Gasteiger partial charge in [-0.3, -0.25) is 0 Å². The van der Waals surface area contributed by atoms with Crippen LogP contribution in [0.4, 0.5) is 0 Å². The highest BCUT2D eigenvalue weighted by Gasteiger charge is 2.01. The van der Waals surface area contributed by atoms with Crippen LogP contribution < -0.4 is 4.74 Å². The van der Waals surface area contributed by atoms with E-state index >= 15 is 0 Å². The van der Waals surface area contributed by atoms with Crippen LogP contribution in [0.25, 0.3) is 10.9 Å². The van der Waals surface area contributed by atoms with Crippen molar-refractivity contribution in [3.8, 4) is 5.75 Å². The first-order chi connectivity index (χ1) is 6.42. The lowest BCUT2D eigenvalue weighted by Crippen LogP contribution is -1.96. The molecule has 1 aromatic carbocycles. The third-order valence-electron chi connectivity index (χ3n) is 1.89. The molecule has 1 N–H and O–H groups in total. The molecule has 0 amide bonds. The third-order valence-corrected chi connectivity index (χ3v) is 2.04. The maximum absolute atomic E-state index is 5.53. The van der Waals surface area contributed by atoms with E-state index in [-0.39, 0.29) is 0 Å². The van der Waals surface area contributed by atoms with Crippen molar-refractivity contribution in [3.63, 3.8) is 0 Å². The van der Waals surface area contributed by atoms with E-state index in [1.54, 1.807) is 0 Å². The highest BCUT2D eigenvalue weighted by Crippen LogP contribution is 2.24. The van der Waals surface area contributed by atoms with E-state index in [1.807, 2.05) is 30.5 Å². The molecular formula is C10H10ClNO. The lowest BCUT2D eigenvalue weighted by Gasteiger charge is -2.00. The maximum Gasteiger partial charge on any atom is 0.144 e. The van der Waals surface area contributed by atoms with Crippen molar-refractivity contribution < 1.29 is 4.74 Å². The van der Waals surface area contributed by atoms with Crippen LogP contribution in [0.5, 0.6) is 5.75 Å². The predicted molar refractivity (Wildman–Crippen MR) is 54.5 cm³/mol. The van der Waals surface area contributed by atoms with Gasteiger partial charge < -0.3 is 9.72 Å². The summed E-state index contributed by atoms with van der Waals surface area (Å²) in [5.74, 6) is 1.38. The number of alkyl halides is 1. The molecule has 0 radical (unpaired) electrons. The van der Waals surface area contributed by atoms with Gasteiger partial charge >= 0.3 is 0 Å². The van der Waals surface area contributed by atoms with Crippen LogP contribution in [0.3, 0.4) is 0 Å². The Kier molecular flexibility index (Phi) is 2.41. The highest BCUT2D eigenvalue weighted by molar-refractivity contribution is 6.18. The largest absolute Gasteiger partial charge is 0.490 e. The maximum atomic E-state index is 5.53. The average Bonchev–Trinajstić information content (AvgIpc) is 2.58. The van der Waals surface area contributed by atoms with Gasteiger partial charge in [-0.05, 0) is 12.1 Å². The number of benzene rings is 1. The number of hydrogen-bond acceptors (Lipinski definition) is 1. The minimum Gasteiger partial charge on any atom is -0.490 e. The first kappa shape index (κ1) is 8.45. The summed E-state index contributed by atoms with van der Waals surface area (Å²) in [5, 5.41) is 1.10. The number of rotatable bonds is 3. The summed E-state index contributed by atoms with van der Waals surface area (Å²) in [6.45, 7) is 0.545. The van der Waals surface area contributed by atoms with Crippen LogP contribution in [0.15, 0.2) is 30.5 Å². The smallest absolute Gasteiger partial charge is 0.144 e.